The standard InChI is InChI=1S/C18H27Cl/c1-13-5-7-14(8-6-13)17(19)15-9-11-16(12-10-15)18(2,3)4/h5-8,15-17H,9-12H2,1-4H3. The van der Waals surface area contributed by atoms with Gasteiger partial charge in [-0.25, -0.2) is 0 Å². The number of halogens is 1. The lowest BCUT2D eigenvalue weighted by molar-refractivity contribution is 0.148. The molecule has 1 aromatic rings. The summed E-state index contributed by atoms with van der Waals surface area (Å²) in [6.07, 6.45) is 5.24. The van der Waals surface area contributed by atoms with Crippen molar-refractivity contribution in [3.63, 3.8) is 0 Å². The molecule has 1 fully saturated rings. The maximum Gasteiger partial charge on any atom is 0.0613 e. The minimum atomic E-state index is 0.196. The highest BCUT2D eigenvalue weighted by Crippen LogP contribution is 2.45. The van der Waals surface area contributed by atoms with Crippen LogP contribution in [0.1, 0.15) is 63.0 Å². The van der Waals surface area contributed by atoms with Crippen LogP contribution in [-0.2, 0) is 0 Å². The van der Waals surface area contributed by atoms with Crippen molar-refractivity contribution in [2.24, 2.45) is 17.3 Å². The molecule has 0 spiro atoms. The van der Waals surface area contributed by atoms with Gasteiger partial charge in [0, 0.05) is 0 Å². The predicted molar refractivity (Wildman–Crippen MR) is 84.7 cm³/mol. The summed E-state index contributed by atoms with van der Waals surface area (Å²) >= 11 is 6.70. The molecule has 1 aliphatic rings. The van der Waals surface area contributed by atoms with Gasteiger partial charge in [-0.05, 0) is 55.4 Å². The third-order valence-corrected chi connectivity index (χ3v) is 5.41. The predicted octanol–water partition coefficient (Wildman–Crippen LogP) is 6.13. The fourth-order valence-corrected chi connectivity index (χ4v) is 3.70. The van der Waals surface area contributed by atoms with Gasteiger partial charge in [0.05, 0.1) is 5.38 Å². The van der Waals surface area contributed by atoms with Crippen LogP contribution in [0.25, 0.3) is 0 Å². The van der Waals surface area contributed by atoms with Crippen LogP contribution in [-0.4, -0.2) is 0 Å². The van der Waals surface area contributed by atoms with Gasteiger partial charge < -0.3 is 0 Å². The molecule has 0 bridgehead atoms. The first-order valence-corrected chi connectivity index (χ1v) is 8.02. The van der Waals surface area contributed by atoms with E-state index in [1.165, 1.54) is 36.8 Å². The van der Waals surface area contributed by atoms with Crippen LogP contribution in [0, 0.1) is 24.2 Å². The molecule has 1 unspecified atom stereocenters. The normalized spacial score (nSPS) is 26.2. The second kappa shape index (κ2) is 5.87. The molecule has 0 nitrogen and oxygen atoms in total. The van der Waals surface area contributed by atoms with Gasteiger partial charge in [-0.3, -0.25) is 0 Å². The summed E-state index contributed by atoms with van der Waals surface area (Å²) < 4.78 is 0. The smallest absolute Gasteiger partial charge is 0.0613 e. The Morgan fingerprint density at radius 1 is 1.00 bits per heavy atom. The Kier molecular flexibility index (Phi) is 4.61. The SMILES string of the molecule is Cc1ccc(C(Cl)C2CCC(C(C)(C)C)CC2)cc1. The van der Waals surface area contributed by atoms with Gasteiger partial charge in [-0.2, -0.15) is 0 Å². The van der Waals surface area contributed by atoms with Crippen molar-refractivity contribution in [3.05, 3.63) is 35.4 Å². The molecule has 1 aliphatic carbocycles. The van der Waals surface area contributed by atoms with Crippen LogP contribution in [0.5, 0.6) is 0 Å². The molecule has 0 aromatic heterocycles. The molecular weight excluding hydrogens is 252 g/mol. The average molecular weight is 279 g/mol. The zero-order chi connectivity index (χ0) is 14.0. The minimum Gasteiger partial charge on any atom is -0.118 e. The van der Waals surface area contributed by atoms with E-state index >= 15 is 0 Å². The Hall–Kier alpha value is -0.490. The summed E-state index contributed by atoms with van der Waals surface area (Å²) in [5, 5.41) is 0.196. The van der Waals surface area contributed by atoms with E-state index in [-0.39, 0.29) is 5.38 Å². The van der Waals surface area contributed by atoms with Crippen molar-refractivity contribution in [2.45, 2.75) is 58.8 Å². The van der Waals surface area contributed by atoms with Crippen LogP contribution in [0.3, 0.4) is 0 Å². The van der Waals surface area contributed by atoms with E-state index in [0.29, 0.717) is 11.3 Å². The molecule has 0 heterocycles. The Balaban J connectivity index is 1.96. The number of aryl methyl sites for hydroxylation is 1. The third kappa shape index (κ3) is 3.75. The molecular formula is C18H27Cl. The maximum absolute atomic E-state index is 6.70. The summed E-state index contributed by atoms with van der Waals surface area (Å²) in [6.45, 7) is 9.24. The lowest BCUT2D eigenvalue weighted by atomic mass is 9.69. The van der Waals surface area contributed by atoms with Gasteiger partial charge >= 0.3 is 0 Å². The van der Waals surface area contributed by atoms with Crippen molar-refractivity contribution >= 4 is 11.6 Å². The molecule has 106 valence electrons. The summed E-state index contributed by atoms with van der Waals surface area (Å²) in [4.78, 5) is 0. The first-order valence-electron chi connectivity index (χ1n) is 7.58. The van der Waals surface area contributed by atoms with Crippen molar-refractivity contribution in [3.8, 4) is 0 Å². The van der Waals surface area contributed by atoms with E-state index in [4.69, 9.17) is 11.6 Å². The maximum atomic E-state index is 6.70. The fraction of sp³-hybridized carbons (Fsp3) is 0.667. The zero-order valence-corrected chi connectivity index (χ0v) is 13.5. The van der Waals surface area contributed by atoms with Crippen LogP contribution < -0.4 is 0 Å². The highest BCUT2D eigenvalue weighted by atomic mass is 35.5. The molecule has 0 N–H and O–H groups in total. The monoisotopic (exact) mass is 278 g/mol. The Bertz CT molecular complexity index is 391. The van der Waals surface area contributed by atoms with E-state index in [0.717, 1.165) is 5.92 Å². The highest BCUT2D eigenvalue weighted by molar-refractivity contribution is 6.21. The van der Waals surface area contributed by atoms with Crippen LogP contribution in [0.15, 0.2) is 24.3 Å². The Morgan fingerprint density at radius 2 is 1.53 bits per heavy atom. The largest absolute Gasteiger partial charge is 0.118 e. The highest BCUT2D eigenvalue weighted by Gasteiger charge is 2.32. The van der Waals surface area contributed by atoms with E-state index < -0.39 is 0 Å². The number of rotatable bonds is 2. The molecule has 0 saturated heterocycles. The van der Waals surface area contributed by atoms with Gasteiger partial charge in [0.15, 0.2) is 0 Å². The van der Waals surface area contributed by atoms with Gasteiger partial charge in [0.25, 0.3) is 0 Å². The first kappa shape index (κ1) is 14.9. The quantitative estimate of drug-likeness (QED) is 0.571. The molecule has 0 radical (unpaired) electrons. The van der Waals surface area contributed by atoms with Gasteiger partial charge in [0.2, 0.25) is 0 Å². The van der Waals surface area contributed by atoms with Crippen molar-refractivity contribution in [1.82, 2.24) is 0 Å². The third-order valence-electron chi connectivity index (χ3n) is 4.81. The fourth-order valence-electron chi connectivity index (χ4n) is 3.30. The number of hydrogen-bond donors (Lipinski definition) is 0. The van der Waals surface area contributed by atoms with Gasteiger partial charge in [0.1, 0.15) is 0 Å². The minimum absolute atomic E-state index is 0.196. The molecule has 19 heavy (non-hydrogen) atoms. The van der Waals surface area contributed by atoms with Crippen molar-refractivity contribution in [2.75, 3.05) is 0 Å². The van der Waals surface area contributed by atoms with E-state index in [1.807, 2.05) is 0 Å². The average Bonchev–Trinajstić information content (AvgIpc) is 2.38. The van der Waals surface area contributed by atoms with Crippen molar-refractivity contribution < 1.29 is 0 Å². The number of alkyl halides is 1. The summed E-state index contributed by atoms with van der Waals surface area (Å²) in [5.74, 6) is 1.52. The molecule has 1 saturated carbocycles. The topological polar surface area (TPSA) is 0 Å². The molecule has 1 atom stereocenters. The summed E-state index contributed by atoms with van der Waals surface area (Å²) in [6, 6.07) is 8.74. The lowest BCUT2D eigenvalue weighted by Crippen LogP contribution is -2.27. The number of benzene rings is 1. The molecule has 2 rings (SSSR count). The van der Waals surface area contributed by atoms with Crippen LogP contribution >= 0.6 is 11.6 Å². The van der Waals surface area contributed by atoms with E-state index in [9.17, 15) is 0 Å². The molecule has 0 aliphatic heterocycles. The van der Waals surface area contributed by atoms with Crippen molar-refractivity contribution in [1.29, 1.82) is 0 Å². The van der Waals surface area contributed by atoms with Gasteiger partial charge in [-0.15, -0.1) is 11.6 Å². The second-order valence-electron chi connectivity index (χ2n) is 7.29. The van der Waals surface area contributed by atoms with E-state index in [2.05, 4.69) is 52.0 Å². The number of hydrogen-bond acceptors (Lipinski definition) is 0. The zero-order valence-electron chi connectivity index (χ0n) is 12.7. The van der Waals surface area contributed by atoms with Gasteiger partial charge in [-0.1, -0.05) is 50.6 Å². The van der Waals surface area contributed by atoms with Crippen LogP contribution in [0.2, 0.25) is 0 Å². The molecule has 1 aromatic carbocycles. The van der Waals surface area contributed by atoms with Crippen LogP contribution in [0.4, 0.5) is 0 Å². The lowest BCUT2D eigenvalue weighted by Gasteiger charge is -2.38. The summed E-state index contributed by atoms with van der Waals surface area (Å²) in [7, 11) is 0. The molecule has 0 amide bonds. The first-order chi connectivity index (χ1) is 8.88. The second-order valence-corrected chi connectivity index (χ2v) is 7.76. The molecule has 1 heteroatoms. The van der Waals surface area contributed by atoms with E-state index in [1.54, 1.807) is 0 Å². The Morgan fingerprint density at radius 3 is 2.00 bits per heavy atom. The summed E-state index contributed by atoms with van der Waals surface area (Å²) in [5.41, 5.74) is 3.06. The Labute approximate surface area is 123 Å².